The second-order valence-corrected chi connectivity index (χ2v) is 5.73. The largest absolute Gasteiger partial charge is 0.467 e. The molecule has 0 fully saturated rings. The van der Waals surface area contributed by atoms with E-state index in [1.165, 1.54) is 0 Å². The van der Waals surface area contributed by atoms with Crippen molar-refractivity contribution in [1.82, 2.24) is 25.1 Å². The van der Waals surface area contributed by atoms with Gasteiger partial charge in [0.25, 0.3) is 0 Å². The average molecular weight is 358 g/mol. The third kappa shape index (κ3) is 4.79. The van der Waals surface area contributed by atoms with Crippen LogP contribution in [0.5, 0.6) is 0 Å². The van der Waals surface area contributed by atoms with E-state index >= 15 is 0 Å². The summed E-state index contributed by atoms with van der Waals surface area (Å²) in [7, 11) is 1.64. The van der Waals surface area contributed by atoms with Crippen LogP contribution in [0.3, 0.4) is 0 Å². The number of fused-ring (bicyclic) bond motifs is 1. The molecule has 0 saturated heterocycles. The highest BCUT2D eigenvalue weighted by atomic mass is 16.5. The van der Waals surface area contributed by atoms with Crippen molar-refractivity contribution in [1.29, 1.82) is 0 Å². The third-order valence-electron chi connectivity index (χ3n) is 3.77. The number of ether oxygens (including phenoxy) is 1. The highest BCUT2D eigenvalue weighted by molar-refractivity contribution is 5.76. The van der Waals surface area contributed by atoms with E-state index in [2.05, 4.69) is 25.9 Å². The number of nitrogens with one attached hydrogen (secondary N) is 2. The lowest BCUT2D eigenvalue weighted by atomic mass is 10.3. The van der Waals surface area contributed by atoms with E-state index in [1.54, 1.807) is 17.9 Å². The van der Waals surface area contributed by atoms with Crippen LogP contribution in [-0.2, 0) is 22.5 Å². The lowest BCUT2D eigenvalue weighted by Gasteiger charge is -2.06. The van der Waals surface area contributed by atoms with Gasteiger partial charge in [-0.05, 0) is 30.7 Å². The van der Waals surface area contributed by atoms with Gasteiger partial charge in [0, 0.05) is 33.1 Å². The highest BCUT2D eigenvalue weighted by Gasteiger charge is 2.10. The molecular weight excluding hydrogens is 336 g/mol. The number of aromatic nitrogens is 4. The molecule has 0 radical (unpaired) electrons. The van der Waals surface area contributed by atoms with E-state index in [-0.39, 0.29) is 5.91 Å². The van der Waals surface area contributed by atoms with Crippen molar-refractivity contribution in [2.24, 2.45) is 0 Å². The number of hydrogen-bond acceptors (Lipinski definition) is 7. The fraction of sp³-hybridized carbons (Fsp3) is 0.412. The molecule has 138 valence electrons. The number of carbonyl (C=O) groups is 1. The van der Waals surface area contributed by atoms with Crippen molar-refractivity contribution in [3.05, 3.63) is 42.1 Å². The van der Waals surface area contributed by atoms with Crippen LogP contribution in [0.25, 0.3) is 5.65 Å². The van der Waals surface area contributed by atoms with Gasteiger partial charge >= 0.3 is 0 Å². The molecule has 9 heteroatoms. The summed E-state index contributed by atoms with van der Waals surface area (Å²) in [5.41, 5.74) is 0.643. The van der Waals surface area contributed by atoms with Crippen LogP contribution in [0.1, 0.15) is 24.4 Å². The van der Waals surface area contributed by atoms with Gasteiger partial charge < -0.3 is 19.8 Å². The van der Waals surface area contributed by atoms with E-state index < -0.39 is 0 Å². The molecule has 0 atom stereocenters. The number of methoxy groups -OCH3 is 1. The molecule has 0 bridgehead atoms. The van der Waals surface area contributed by atoms with Crippen molar-refractivity contribution >= 4 is 17.4 Å². The van der Waals surface area contributed by atoms with Gasteiger partial charge in [0.05, 0.1) is 12.8 Å². The Morgan fingerprint density at radius 3 is 3.04 bits per heavy atom. The number of aryl methyl sites for hydroxylation is 1. The van der Waals surface area contributed by atoms with Crippen LogP contribution in [-0.4, -0.2) is 46.0 Å². The zero-order chi connectivity index (χ0) is 18.2. The SMILES string of the molecule is COCCCNC(=O)CCc1nnc2ccc(NCc3ccco3)nn12. The standard InChI is InChI=1S/C17H22N6O3/c1-25-10-3-9-18-17(24)8-7-16-21-20-15-6-5-14(22-23(15)16)19-12-13-4-2-11-26-13/h2,4-6,11H,3,7-10,12H2,1H3,(H,18,24)(H,19,22). The summed E-state index contributed by atoms with van der Waals surface area (Å²) in [6.07, 6.45) is 3.22. The Hall–Kier alpha value is -2.94. The van der Waals surface area contributed by atoms with Gasteiger partial charge in [0.1, 0.15) is 11.6 Å². The van der Waals surface area contributed by atoms with E-state index in [1.807, 2.05) is 24.3 Å². The maximum Gasteiger partial charge on any atom is 0.220 e. The first-order valence-electron chi connectivity index (χ1n) is 8.49. The molecule has 26 heavy (non-hydrogen) atoms. The van der Waals surface area contributed by atoms with Gasteiger partial charge in [-0.1, -0.05) is 0 Å². The van der Waals surface area contributed by atoms with Gasteiger partial charge in [-0.15, -0.1) is 15.3 Å². The van der Waals surface area contributed by atoms with Crippen LogP contribution < -0.4 is 10.6 Å². The van der Waals surface area contributed by atoms with Crippen LogP contribution in [0.15, 0.2) is 34.9 Å². The Labute approximate surface area is 150 Å². The fourth-order valence-corrected chi connectivity index (χ4v) is 2.43. The molecule has 0 aliphatic rings. The zero-order valence-corrected chi connectivity index (χ0v) is 14.6. The Kier molecular flexibility index (Phi) is 6.15. The average Bonchev–Trinajstić information content (AvgIpc) is 3.31. The Morgan fingerprint density at radius 1 is 1.31 bits per heavy atom. The summed E-state index contributed by atoms with van der Waals surface area (Å²) >= 11 is 0. The van der Waals surface area contributed by atoms with E-state index in [4.69, 9.17) is 9.15 Å². The first kappa shape index (κ1) is 17.9. The maximum absolute atomic E-state index is 11.9. The molecule has 2 N–H and O–H groups in total. The lowest BCUT2D eigenvalue weighted by Crippen LogP contribution is -2.25. The number of amides is 1. The van der Waals surface area contributed by atoms with E-state index in [0.717, 1.165) is 12.2 Å². The van der Waals surface area contributed by atoms with E-state index in [0.29, 0.717) is 49.8 Å². The number of furan rings is 1. The van der Waals surface area contributed by atoms with Gasteiger partial charge in [0.15, 0.2) is 11.5 Å². The second-order valence-electron chi connectivity index (χ2n) is 5.73. The number of anilines is 1. The Bertz CT molecular complexity index is 830. The Morgan fingerprint density at radius 2 is 2.23 bits per heavy atom. The zero-order valence-electron chi connectivity index (χ0n) is 14.6. The number of nitrogens with zero attached hydrogens (tertiary/aromatic N) is 4. The maximum atomic E-state index is 11.9. The number of hydrogen-bond donors (Lipinski definition) is 2. The van der Waals surface area contributed by atoms with Crippen LogP contribution in [0.4, 0.5) is 5.82 Å². The monoisotopic (exact) mass is 358 g/mol. The summed E-state index contributed by atoms with van der Waals surface area (Å²) in [6.45, 7) is 1.77. The van der Waals surface area contributed by atoms with Crippen LogP contribution in [0, 0.1) is 0 Å². The first-order valence-corrected chi connectivity index (χ1v) is 8.49. The predicted molar refractivity (Wildman–Crippen MR) is 94.6 cm³/mol. The molecule has 3 rings (SSSR count). The van der Waals surface area contributed by atoms with Crippen LogP contribution in [0.2, 0.25) is 0 Å². The first-order chi connectivity index (χ1) is 12.8. The van der Waals surface area contributed by atoms with Crippen molar-refractivity contribution in [3.63, 3.8) is 0 Å². The third-order valence-corrected chi connectivity index (χ3v) is 3.77. The molecule has 0 aliphatic heterocycles. The summed E-state index contributed by atoms with van der Waals surface area (Å²) in [5, 5.41) is 18.8. The fourth-order valence-electron chi connectivity index (χ4n) is 2.43. The summed E-state index contributed by atoms with van der Waals surface area (Å²) in [4.78, 5) is 11.9. The van der Waals surface area contributed by atoms with Crippen LogP contribution >= 0.6 is 0 Å². The Balaban J connectivity index is 1.56. The minimum absolute atomic E-state index is 0.0232. The molecule has 3 aromatic rings. The van der Waals surface area contributed by atoms with Crippen molar-refractivity contribution < 1.29 is 13.9 Å². The van der Waals surface area contributed by atoms with Crippen molar-refractivity contribution in [2.75, 3.05) is 25.6 Å². The molecule has 1 amide bonds. The molecule has 3 heterocycles. The highest BCUT2D eigenvalue weighted by Crippen LogP contribution is 2.10. The summed E-state index contributed by atoms with van der Waals surface area (Å²) in [6, 6.07) is 7.39. The molecular formula is C17H22N6O3. The second kappa shape index (κ2) is 8.95. The van der Waals surface area contributed by atoms with E-state index in [9.17, 15) is 4.79 Å². The minimum Gasteiger partial charge on any atom is -0.467 e. The van der Waals surface area contributed by atoms with Gasteiger partial charge in [0.2, 0.25) is 5.91 Å². The predicted octanol–water partition coefficient (Wildman–Crippen LogP) is 1.41. The van der Waals surface area contributed by atoms with Gasteiger partial charge in [-0.2, -0.15) is 4.52 Å². The molecule has 9 nitrogen and oxygen atoms in total. The normalized spacial score (nSPS) is 11.0. The summed E-state index contributed by atoms with van der Waals surface area (Å²) in [5.74, 6) is 2.12. The molecule has 0 aliphatic carbocycles. The molecule has 0 aromatic carbocycles. The molecule has 0 spiro atoms. The summed E-state index contributed by atoms with van der Waals surface area (Å²) < 4.78 is 11.9. The topological polar surface area (TPSA) is 107 Å². The minimum atomic E-state index is -0.0232. The quantitative estimate of drug-likeness (QED) is 0.528. The lowest BCUT2D eigenvalue weighted by molar-refractivity contribution is -0.121. The van der Waals surface area contributed by atoms with Crippen molar-refractivity contribution in [3.8, 4) is 0 Å². The van der Waals surface area contributed by atoms with Gasteiger partial charge in [-0.25, -0.2) is 0 Å². The number of rotatable bonds is 10. The van der Waals surface area contributed by atoms with Gasteiger partial charge in [-0.3, -0.25) is 4.79 Å². The number of carbonyl (C=O) groups excluding carboxylic acids is 1. The molecule has 0 saturated carbocycles. The molecule has 3 aromatic heterocycles. The smallest absolute Gasteiger partial charge is 0.220 e. The molecule has 0 unspecified atom stereocenters. The van der Waals surface area contributed by atoms with Crippen molar-refractivity contribution in [2.45, 2.75) is 25.8 Å².